The highest BCUT2D eigenvalue weighted by Crippen LogP contribution is 2.25. The highest BCUT2D eigenvalue weighted by molar-refractivity contribution is 7.92. The SMILES string of the molecule is CC(C)S(=O)(=O)c1cc2cnn(C)c2nc1N. The van der Waals surface area contributed by atoms with Crippen LogP contribution in [-0.4, -0.2) is 28.4 Å². The number of nitrogens with zero attached hydrogens (tertiary/aromatic N) is 3. The maximum absolute atomic E-state index is 12.1. The summed E-state index contributed by atoms with van der Waals surface area (Å²) < 4.78 is 25.7. The number of rotatable bonds is 2. The van der Waals surface area contributed by atoms with Crippen LogP contribution in [0, 0.1) is 0 Å². The number of hydrogen-bond donors (Lipinski definition) is 1. The summed E-state index contributed by atoms with van der Waals surface area (Å²) in [6, 6.07) is 1.53. The van der Waals surface area contributed by atoms with E-state index in [9.17, 15) is 8.42 Å². The van der Waals surface area contributed by atoms with Gasteiger partial charge in [-0.1, -0.05) is 0 Å². The molecule has 7 heteroatoms. The molecule has 0 aromatic carbocycles. The van der Waals surface area contributed by atoms with E-state index in [0.29, 0.717) is 11.0 Å². The van der Waals surface area contributed by atoms with Crippen LogP contribution in [0.15, 0.2) is 17.2 Å². The second kappa shape index (κ2) is 3.69. The Morgan fingerprint density at radius 3 is 2.65 bits per heavy atom. The van der Waals surface area contributed by atoms with Gasteiger partial charge in [-0.2, -0.15) is 5.10 Å². The molecular formula is C10H14N4O2S. The molecule has 2 aromatic rings. The van der Waals surface area contributed by atoms with Crippen molar-refractivity contribution in [2.45, 2.75) is 24.0 Å². The largest absolute Gasteiger partial charge is 0.383 e. The third kappa shape index (κ3) is 1.76. The van der Waals surface area contributed by atoms with Crippen molar-refractivity contribution in [2.75, 3.05) is 5.73 Å². The van der Waals surface area contributed by atoms with Gasteiger partial charge in [-0.25, -0.2) is 13.4 Å². The molecule has 2 rings (SSSR count). The molecule has 0 saturated carbocycles. The quantitative estimate of drug-likeness (QED) is 0.853. The first kappa shape index (κ1) is 11.8. The van der Waals surface area contributed by atoms with Crippen molar-refractivity contribution in [1.82, 2.24) is 14.8 Å². The topological polar surface area (TPSA) is 90.9 Å². The Morgan fingerprint density at radius 2 is 2.06 bits per heavy atom. The maximum Gasteiger partial charge on any atom is 0.184 e. The van der Waals surface area contributed by atoms with Gasteiger partial charge >= 0.3 is 0 Å². The molecule has 0 bridgehead atoms. The summed E-state index contributed by atoms with van der Waals surface area (Å²) in [7, 11) is -1.69. The van der Waals surface area contributed by atoms with E-state index in [2.05, 4.69) is 10.1 Å². The fourth-order valence-corrected chi connectivity index (χ4v) is 2.69. The minimum Gasteiger partial charge on any atom is -0.383 e. The zero-order valence-corrected chi connectivity index (χ0v) is 10.7. The molecule has 0 aliphatic rings. The van der Waals surface area contributed by atoms with Gasteiger partial charge in [-0.05, 0) is 19.9 Å². The number of sulfone groups is 1. The predicted molar refractivity (Wildman–Crippen MR) is 65.2 cm³/mol. The van der Waals surface area contributed by atoms with Crippen LogP contribution in [-0.2, 0) is 16.9 Å². The summed E-state index contributed by atoms with van der Waals surface area (Å²) >= 11 is 0. The standard InChI is InChI=1S/C10H14N4O2S/c1-6(2)17(15,16)8-4-7-5-12-14(3)10(7)13-9(8)11/h4-6H,1-3H3,(H2,11,13). The second-order valence-electron chi connectivity index (χ2n) is 4.15. The van der Waals surface area contributed by atoms with E-state index < -0.39 is 15.1 Å². The average Bonchev–Trinajstić information content (AvgIpc) is 2.59. The molecule has 0 amide bonds. The van der Waals surface area contributed by atoms with Crippen molar-refractivity contribution in [2.24, 2.45) is 7.05 Å². The van der Waals surface area contributed by atoms with E-state index >= 15 is 0 Å². The summed E-state index contributed by atoms with van der Waals surface area (Å²) in [5.74, 6) is 0.0230. The molecule has 0 saturated heterocycles. The lowest BCUT2D eigenvalue weighted by atomic mass is 10.3. The van der Waals surface area contributed by atoms with Gasteiger partial charge in [0.1, 0.15) is 10.7 Å². The lowest BCUT2D eigenvalue weighted by Gasteiger charge is -2.09. The number of aromatic nitrogens is 3. The van der Waals surface area contributed by atoms with Crippen molar-refractivity contribution in [3.8, 4) is 0 Å². The van der Waals surface area contributed by atoms with Gasteiger partial charge < -0.3 is 5.73 Å². The zero-order valence-electron chi connectivity index (χ0n) is 9.88. The van der Waals surface area contributed by atoms with Crippen molar-refractivity contribution in [1.29, 1.82) is 0 Å². The number of anilines is 1. The van der Waals surface area contributed by atoms with Gasteiger partial charge in [0.2, 0.25) is 0 Å². The van der Waals surface area contributed by atoms with E-state index in [1.54, 1.807) is 31.8 Å². The zero-order chi connectivity index (χ0) is 12.8. The van der Waals surface area contributed by atoms with Gasteiger partial charge in [0, 0.05) is 12.4 Å². The third-order valence-corrected chi connectivity index (χ3v) is 4.81. The number of aryl methyl sites for hydroxylation is 1. The summed E-state index contributed by atoms with van der Waals surface area (Å²) in [5.41, 5.74) is 6.28. The van der Waals surface area contributed by atoms with Crippen LogP contribution in [0.3, 0.4) is 0 Å². The first-order valence-electron chi connectivity index (χ1n) is 5.16. The third-order valence-electron chi connectivity index (χ3n) is 2.63. The Balaban J connectivity index is 2.76. The minimum atomic E-state index is -3.41. The molecule has 0 fully saturated rings. The van der Waals surface area contributed by atoms with Crippen LogP contribution in [0.1, 0.15) is 13.8 Å². The molecule has 0 radical (unpaired) electrons. The molecular weight excluding hydrogens is 240 g/mol. The highest BCUT2D eigenvalue weighted by Gasteiger charge is 2.23. The second-order valence-corrected chi connectivity index (χ2v) is 6.62. The Kier molecular flexibility index (Phi) is 2.57. The first-order chi connectivity index (χ1) is 7.84. The van der Waals surface area contributed by atoms with E-state index in [-0.39, 0.29) is 10.7 Å². The Hall–Kier alpha value is -1.63. The van der Waals surface area contributed by atoms with Gasteiger partial charge in [0.25, 0.3) is 0 Å². The summed E-state index contributed by atoms with van der Waals surface area (Å²) in [6.07, 6.45) is 1.57. The van der Waals surface area contributed by atoms with Crippen molar-refractivity contribution < 1.29 is 8.42 Å². The summed E-state index contributed by atoms with van der Waals surface area (Å²) in [5, 5.41) is 4.15. The molecule has 92 valence electrons. The number of fused-ring (bicyclic) bond motifs is 1. The predicted octanol–water partition coefficient (Wildman–Crippen LogP) is 0.733. The Labute approximate surface area is 99.4 Å². The molecule has 2 aromatic heterocycles. The fraction of sp³-hybridized carbons (Fsp3) is 0.400. The van der Waals surface area contributed by atoms with Crippen LogP contribution in [0.2, 0.25) is 0 Å². The molecule has 0 atom stereocenters. The monoisotopic (exact) mass is 254 g/mol. The van der Waals surface area contributed by atoms with E-state index in [0.717, 1.165) is 0 Å². The van der Waals surface area contributed by atoms with E-state index in [4.69, 9.17) is 5.73 Å². The number of nitrogen functional groups attached to an aromatic ring is 1. The Morgan fingerprint density at radius 1 is 1.41 bits per heavy atom. The molecule has 2 N–H and O–H groups in total. The van der Waals surface area contributed by atoms with Crippen LogP contribution in [0.4, 0.5) is 5.82 Å². The van der Waals surface area contributed by atoms with Gasteiger partial charge in [0.15, 0.2) is 15.5 Å². The maximum atomic E-state index is 12.1. The molecule has 0 unspecified atom stereocenters. The average molecular weight is 254 g/mol. The minimum absolute atomic E-state index is 0.0230. The lowest BCUT2D eigenvalue weighted by Crippen LogP contribution is -2.16. The van der Waals surface area contributed by atoms with Gasteiger partial charge in [-0.3, -0.25) is 4.68 Å². The summed E-state index contributed by atoms with van der Waals surface area (Å²) in [4.78, 5) is 4.16. The van der Waals surface area contributed by atoms with Crippen molar-refractivity contribution >= 4 is 26.7 Å². The normalized spacial score (nSPS) is 12.5. The molecule has 0 aliphatic heterocycles. The smallest absolute Gasteiger partial charge is 0.184 e. The Bertz CT molecular complexity index is 673. The molecule has 6 nitrogen and oxygen atoms in total. The first-order valence-corrected chi connectivity index (χ1v) is 6.71. The highest BCUT2D eigenvalue weighted by atomic mass is 32.2. The van der Waals surface area contributed by atoms with E-state index in [1.165, 1.54) is 6.07 Å². The summed E-state index contributed by atoms with van der Waals surface area (Å²) in [6.45, 7) is 3.23. The van der Waals surface area contributed by atoms with E-state index in [1.807, 2.05) is 0 Å². The fourth-order valence-electron chi connectivity index (χ4n) is 1.55. The van der Waals surface area contributed by atoms with Gasteiger partial charge in [-0.15, -0.1) is 0 Å². The molecule has 0 spiro atoms. The molecule has 2 heterocycles. The number of pyridine rings is 1. The molecule has 17 heavy (non-hydrogen) atoms. The van der Waals surface area contributed by atoms with Crippen molar-refractivity contribution in [3.05, 3.63) is 12.3 Å². The van der Waals surface area contributed by atoms with Gasteiger partial charge in [0.05, 0.1) is 11.4 Å². The van der Waals surface area contributed by atoms with Crippen LogP contribution < -0.4 is 5.73 Å². The van der Waals surface area contributed by atoms with Crippen LogP contribution in [0.5, 0.6) is 0 Å². The van der Waals surface area contributed by atoms with Crippen LogP contribution >= 0.6 is 0 Å². The van der Waals surface area contributed by atoms with Crippen molar-refractivity contribution in [3.63, 3.8) is 0 Å². The van der Waals surface area contributed by atoms with Crippen LogP contribution in [0.25, 0.3) is 11.0 Å². The lowest BCUT2D eigenvalue weighted by molar-refractivity contribution is 0.587. The number of nitrogens with two attached hydrogens (primary N) is 1. The molecule has 0 aliphatic carbocycles. The number of hydrogen-bond acceptors (Lipinski definition) is 5.